The molecule has 1 aromatic carbocycles. The summed E-state index contributed by atoms with van der Waals surface area (Å²) in [5, 5.41) is 11.9. The minimum absolute atomic E-state index is 0.0166. The molecule has 2 rings (SSSR count). The highest BCUT2D eigenvalue weighted by Crippen LogP contribution is 2.20. The molecule has 6 nitrogen and oxygen atoms in total. The van der Waals surface area contributed by atoms with Crippen LogP contribution in [0.25, 0.3) is 0 Å². The van der Waals surface area contributed by atoms with Crippen LogP contribution in [0.5, 0.6) is 0 Å². The van der Waals surface area contributed by atoms with E-state index in [1.807, 2.05) is 30.3 Å². The summed E-state index contributed by atoms with van der Waals surface area (Å²) in [5.41, 5.74) is 0.926. The molecule has 126 valence electrons. The fourth-order valence-corrected chi connectivity index (χ4v) is 2.89. The van der Waals surface area contributed by atoms with Gasteiger partial charge < -0.3 is 20.1 Å². The molecule has 0 radical (unpaired) electrons. The predicted octanol–water partition coefficient (Wildman–Crippen LogP) is 1.53. The van der Waals surface area contributed by atoms with Crippen molar-refractivity contribution in [3.05, 3.63) is 35.9 Å². The smallest absolute Gasteiger partial charge is 0.407 e. The number of hydrogen-bond acceptors (Lipinski definition) is 4. The average Bonchev–Trinajstić information content (AvgIpc) is 2.54. The van der Waals surface area contributed by atoms with Crippen LogP contribution < -0.4 is 5.32 Å². The first-order valence-corrected chi connectivity index (χ1v) is 7.92. The number of likely N-dealkylation sites (tertiary alicyclic amines) is 1. The number of hydrogen-bond donors (Lipinski definition) is 2. The van der Waals surface area contributed by atoms with Gasteiger partial charge in [-0.15, -0.1) is 0 Å². The molecule has 1 aliphatic rings. The van der Waals surface area contributed by atoms with Gasteiger partial charge in [0.05, 0.1) is 6.04 Å². The lowest BCUT2D eigenvalue weighted by Gasteiger charge is -2.37. The zero-order chi connectivity index (χ0) is 16.7. The molecule has 1 aromatic rings. The molecular formula is C17H24N2O4. The summed E-state index contributed by atoms with van der Waals surface area (Å²) in [7, 11) is 0. The molecule has 2 atom stereocenters. The van der Waals surface area contributed by atoms with Gasteiger partial charge in [0.2, 0.25) is 5.91 Å². The Balaban J connectivity index is 1.84. The van der Waals surface area contributed by atoms with Crippen molar-refractivity contribution in [2.45, 2.75) is 32.4 Å². The number of aliphatic hydroxyl groups is 1. The molecule has 2 amide bonds. The Morgan fingerprint density at radius 3 is 2.70 bits per heavy atom. The quantitative estimate of drug-likeness (QED) is 0.862. The lowest BCUT2D eigenvalue weighted by atomic mass is 9.92. The van der Waals surface area contributed by atoms with Gasteiger partial charge in [0.15, 0.2) is 0 Å². The van der Waals surface area contributed by atoms with E-state index < -0.39 is 6.09 Å². The van der Waals surface area contributed by atoms with Gasteiger partial charge in [0.1, 0.15) is 6.61 Å². The topological polar surface area (TPSA) is 78.9 Å². The van der Waals surface area contributed by atoms with Crippen molar-refractivity contribution in [2.75, 3.05) is 19.7 Å². The zero-order valence-corrected chi connectivity index (χ0v) is 13.4. The number of carbonyl (C=O) groups excluding carboxylic acids is 2. The van der Waals surface area contributed by atoms with Crippen LogP contribution in [-0.2, 0) is 16.1 Å². The fourth-order valence-electron chi connectivity index (χ4n) is 2.89. The van der Waals surface area contributed by atoms with Crippen molar-refractivity contribution in [2.24, 2.45) is 5.92 Å². The lowest BCUT2D eigenvalue weighted by molar-refractivity contribution is -0.131. The highest BCUT2D eigenvalue weighted by atomic mass is 16.5. The Morgan fingerprint density at radius 2 is 2.04 bits per heavy atom. The third kappa shape index (κ3) is 5.56. The van der Waals surface area contributed by atoms with Crippen LogP contribution in [0.1, 0.15) is 25.3 Å². The van der Waals surface area contributed by atoms with Crippen molar-refractivity contribution in [1.29, 1.82) is 0 Å². The summed E-state index contributed by atoms with van der Waals surface area (Å²) < 4.78 is 5.22. The van der Waals surface area contributed by atoms with E-state index in [0.717, 1.165) is 12.0 Å². The number of carbonyl (C=O) groups is 2. The Labute approximate surface area is 136 Å². The second kappa shape index (κ2) is 8.53. The first-order chi connectivity index (χ1) is 11.1. The van der Waals surface area contributed by atoms with E-state index >= 15 is 0 Å². The molecule has 6 heteroatoms. The van der Waals surface area contributed by atoms with Crippen molar-refractivity contribution in [3.63, 3.8) is 0 Å². The second-order valence-corrected chi connectivity index (χ2v) is 5.94. The van der Waals surface area contributed by atoms with Crippen LogP contribution >= 0.6 is 0 Å². The van der Waals surface area contributed by atoms with E-state index in [4.69, 9.17) is 9.84 Å². The first kappa shape index (κ1) is 17.3. The van der Waals surface area contributed by atoms with E-state index in [1.165, 1.54) is 6.92 Å². The summed E-state index contributed by atoms with van der Waals surface area (Å²) in [6.07, 6.45) is 0.887. The number of rotatable bonds is 5. The number of nitrogens with zero attached hydrogens (tertiary/aromatic N) is 1. The number of ether oxygens (including phenoxy) is 1. The highest BCUT2D eigenvalue weighted by Gasteiger charge is 2.29. The Bertz CT molecular complexity index is 521. The van der Waals surface area contributed by atoms with Gasteiger partial charge in [-0.25, -0.2) is 4.79 Å². The molecule has 1 aliphatic heterocycles. The summed E-state index contributed by atoms with van der Waals surface area (Å²) >= 11 is 0. The Kier molecular flexibility index (Phi) is 6.40. The van der Waals surface area contributed by atoms with E-state index in [-0.39, 0.29) is 31.1 Å². The standard InChI is InChI=1S/C17H24N2O4/c1-13(21)19-10-15(7-8-20)9-16(11-19)18-17(22)23-12-14-5-3-2-4-6-14/h2-6,15-16,20H,7-12H2,1H3,(H,18,22). The third-order valence-corrected chi connectivity index (χ3v) is 4.05. The van der Waals surface area contributed by atoms with Crippen LogP contribution in [0, 0.1) is 5.92 Å². The number of benzene rings is 1. The van der Waals surface area contributed by atoms with Crippen LogP contribution in [0.4, 0.5) is 4.79 Å². The largest absolute Gasteiger partial charge is 0.445 e. The minimum Gasteiger partial charge on any atom is -0.445 e. The SMILES string of the molecule is CC(=O)N1CC(CCO)CC(NC(=O)OCc2ccccc2)C1. The molecule has 1 heterocycles. The van der Waals surface area contributed by atoms with Crippen LogP contribution in [0.15, 0.2) is 30.3 Å². The summed E-state index contributed by atoms with van der Waals surface area (Å²) in [5.74, 6) is 0.175. The number of piperidine rings is 1. The monoisotopic (exact) mass is 320 g/mol. The van der Waals surface area contributed by atoms with Gasteiger partial charge >= 0.3 is 6.09 Å². The molecule has 0 bridgehead atoms. The number of alkyl carbamates (subject to hydrolysis) is 1. The maximum Gasteiger partial charge on any atom is 0.407 e. The third-order valence-electron chi connectivity index (χ3n) is 4.05. The molecule has 0 aromatic heterocycles. The van der Waals surface area contributed by atoms with Gasteiger partial charge in [-0.05, 0) is 24.3 Å². The molecular weight excluding hydrogens is 296 g/mol. The van der Waals surface area contributed by atoms with Gasteiger partial charge in [0, 0.05) is 26.6 Å². The molecule has 2 N–H and O–H groups in total. The molecule has 1 fully saturated rings. The number of amides is 2. The Morgan fingerprint density at radius 1 is 1.30 bits per heavy atom. The van der Waals surface area contributed by atoms with Crippen molar-refractivity contribution in [1.82, 2.24) is 10.2 Å². The Hall–Kier alpha value is -2.08. The van der Waals surface area contributed by atoms with Crippen molar-refractivity contribution in [3.8, 4) is 0 Å². The summed E-state index contributed by atoms with van der Waals surface area (Å²) in [4.78, 5) is 25.3. The fraction of sp³-hybridized carbons (Fsp3) is 0.529. The molecule has 0 aliphatic carbocycles. The van der Waals surface area contributed by atoms with E-state index in [0.29, 0.717) is 19.5 Å². The van der Waals surface area contributed by atoms with E-state index in [1.54, 1.807) is 4.90 Å². The predicted molar refractivity (Wildman–Crippen MR) is 85.6 cm³/mol. The summed E-state index contributed by atoms with van der Waals surface area (Å²) in [6.45, 7) is 2.94. The van der Waals surface area contributed by atoms with Crippen LogP contribution in [0.2, 0.25) is 0 Å². The van der Waals surface area contributed by atoms with Crippen molar-refractivity contribution >= 4 is 12.0 Å². The molecule has 2 unspecified atom stereocenters. The molecule has 23 heavy (non-hydrogen) atoms. The molecule has 1 saturated heterocycles. The number of nitrogens with one attached hydrogen (secondary N) is 1. The van der Waals surface area contributed by atoms with Crippen molar-refractivity contribution < 1.29 is 19.4 Å². The zero-order valence-electron chi connectivity index (χ0n) is 13.4. The number of aliphatic hydroxyl groups excluding tert-OH is 1. The van der Waals surface area contributed by atoms with Gasteiger partial charge in [-0.1, -0.05) is 30.3 Å². The summed E-state index contributed by atoms with van der Waals surface area (Å²) in [6, 6.07) is 9.32. The van der Waals surface area contributed by atoms with Gasteiger partial charge in [-0.3, -0.25) is 4.79 Å². The van der Waals surface area contributed by atoms with Crippen LogP contribution in [-0.4, -0.2) is 47.7 Å². The van der Waals surface area contributed by atoms with E-state index in [2.05, 4.69) is 5.32 Å². The lowest BCUT2D eigenvalue weighted by Crippen LogP contribution is -2.52. The average molecular weight is 320 g/mol. The maximum atomic E-state index is 11.9. The van der Waals surface area contributed by atoms with Gasteiger partial charge in [0.25, 0.3) is 0 Å². The molecule has 0 saturated carbocycles. The maximum absolute atomic E-state index is 11.9. The normalized spacial score (nSPS) is 20.9. The molecule has 0 spiro atoms. The minimum atomic E-state index is -0.480. The van der Waals surface area contributed by atoms with Crippen LogP contribution in [0.3, 0.4) is 0 Å². The van der Waals surface area contributed by atoms with Gasteiger partial charge in [-0.2, -0.15) is 0 Å². The second-order valence-electron chi connectivity index (χ2n) is 5.94. The first-order valence-electron chi connectivity index (χ1n) is 7.92. The van der Waals surface area contributed by atoms with E-state index in [9.17, 15) is 9.59 Å². The highest BCUT2D eigenvalue weighted by molar-refractivity contribution is 5.73.